The van der Waals surface area contributed by atoms with Gasteiger partial charge in [0.25, 0.3) is 12.4 Å². The van der Waals surface area contributed by atoms with Gasteiger partial charge in [-0.1, -0.05) is 54.6 Å². The molecule has 7 heteroatoms. The fraction of sp³-hybridized carbons (Fsp3) is 0.286. The van der Waals surface area contributed by atoms with Crippen LogP contribution in [0.3, 0.4) is 0 Å². The van der Waals surface area contributed by atoms with Gasteiger partial charge in [-0.3, -0.25) is 14.4 Å². The fourth-order valence-electron chi connectivity index (χ4n) is 6.30. The Labute approximate surface area is 246 Å². The van der Waals surface area contributed by atoms with Gasteiger partial charge in [-0.2, -0.15) is 0 Å². The average molecular weight is 562 g/mol. The highest BCUT2D eigenvalue weighted by atomic mass is 16.5. The molecule has 4 aromatic rings. The zero-order valence-electron chi connectivity index (χ0n) is 24.3. The molecule has 0 N–H and O–H groups in total. The third-order valence-corrected chi connectivity index (χ3v) is 8.84. The molecule has 6 rings (SSSR count). The first-order chi connectivity index (χ1) is 20.3. The van der Waals surface area contributed by atoms with Crippen molar-refractivity contribution in [1.29, 1.82) is 0 Å². The van der Waals surface area contributed by atoms with Crippen LogP contribution in [-0.4, -0.2) is 45.2 Å². The molecule has 0 spiro atoms. The van der Waals surface area contributed by atoms with E-state index in [1.54, 1.807) is 0 Å². The van der Waals surface area contributed by atoms with Crippen molar-refractivity contribution in [2.45, 2.75) is 52.2 Å². The molecular formula is C35H35N3O4. The second kappa shape index (κ2) is 11.3. The molecule has 0 saturated carbocycles. The van der Waals surface area contributed by atoms with Crippen LogP contribution < -0.4 is 4.74 Å². The van der Waals surface area contributed by atoms with Gasteiger partial charge in [0, 0.05) is 49.9 Å². The van der Waals surface area contributed by atoms with E-state index in [4.69, 9.17) is 4.74 Å². The third-order valence-electron chi connectivity index (χ3n) is 8.84. The number of fused-ring (bicyclic) bond motifs is 2. The minimum Gasteiger partial charge on any atom is -0.427 e. The second-order valence-corrected chi connectivity index (χ2v) is 11.4. The molecule has 3 aromatic carbocycles. The minimum absolute atomic E-state index is 0.0318. The Morgan fingerprint density at radius 3 is 2.43 bits per heavy atom. The largest absolute Gasteiger partial charge is 0.427 e. The van der Waals surface area contributed by atoms with Crippen LogP contribution in [0.1, 0.15) is 50.8 Å². The summed E-state index contributed by atoms with van der Waals surface area (Å²) in [6.07, 6.45) is 1.85. The van der Waals surface area contributed by atoms with Gasteiger partial charge in [0.1, 0.15) is 0 Å². The number of nitrogens with zero attached hydrogens (tertiary/aromatic N) is 3. The van der Waals surface area contributed by atoms with Crippen LogP contribution in [-0.2, 0) is 49.0 Å². The van der Waals surface area contributed by atoms with Gasteiger partial charge in [0.15, 0.2) is 5.75 Å². The summed E-state index contributed by atoms with van der Waals surface area (Å²) >= 11 is 0. The standard InChI is InChI=1S/C35H35N3O4/c1-23-15-26-11-7-8-12-28(26)21-38(23)35(41)31-18-29-20-37(34(40)16-25-9-5-4-6-10-25)14-13-27(29)17-30(31)32-19-33(42-22-39)24(2)36(32)3/h4-12,17-19,22-23H,13-16,20-21H2,1-3H3/t23-/m1/s1. The van der Waals surface area contributed by atoms with E-state index in [1.807, 2.05) is 82.9 Å². The predicted molar refractivity (Wildman–Crippen MR) is 161 cm³/mol. The number of carbonyl (C=O) groups excluding carboxylic acids is 3. The van der Waals surface area contributed by atoms with E-state index in [9.17, 15) is 14.4 Å². The Morgan fingerprint density at radius 2 is 1.67 bits per heavy atom. The minimum atomic E-state index is -0.0424. The smallest absolute Gasteiger partial charge is 0.298 e. The maximum absolute atomic E-state index is 14.4. The van der Waals surface area contributed by atoms with Gasteiger partial charge in [0.05, 0.1) is 17.8 Å². The highest BCUT2D eigenvalue weighted by Gasteiger charge is 2.31. The van der Waals surface area contributed by atoms with E-state index in [0.717, 1.165) is 45.6 Å². The van der Waals surface area contributed by atoms with Gasteiger partial charge in [-0.05, 0) is 66.6 Å². The van der Waals surface area contributed by atoms with Crippen LogP contribution in [0.25, 0.3) is 11.3 Å². The molecule has 214 valence electrons. The summed E-state index contributed by atoms with van der Waals surface area (Å²) in [5, 5.41) is 0. The quantitative estimate of drug-likeness (QED) is 0.302. The third kappa shape index (κ3) is 5.11. The number of amides is 2. The lowest BCUT2D eigenvalue weighted by molar-refractivity contribution is -0.131. The van der Waals surface area contributed by atoms with Crippen molar-refractivity contribution < 1.29 is 19.1 Å². The number of hydrogen-bond acceptors (Lipinski definition) is 4. The van der Waals surface area contributed by atoms with E-state index < -0.39 is 0 Å². The molecule has 42 heavy (non-hydrogen) atoms. The summed E-state index contributed by atoms with van der Waals surface area (Å²) < 4.78 is 7.22. The summed E-state index contributed by atoms with van der Waals surface area (Å²) in [4.78, 5) is 42.7. The Morgan fingerprint density at radius 1 is 0.929 bits per heavy atom. The molecule has 1 aromatic heterocycles. The maximum atomic E-state index is 14.4. The SMILES string of the molecule is Cc1c(OC=O)cc(-c2cc3c(cc2C(=O)N2Cc4ccccc4C[C@H]2C)CN(C(=O)Cc2ccccc2)CC3)n1C. The molecule has 7 nitrogen and oxygen atoms in total. The van der Waals surface area contributed by atoms with Crippen molar-refractivity contribution in [2.24, 2.45) is 7.05 Å². The van der Waals surface area contributed by atoms with Crippen molar-refractivity contribution in [3.63, 3.8) is 0 Å². The average Bonchev–Trinajstić information content (AvgIpc) is 3.28. The summed E-state index contributed by atoms with van der Waals surface area (Å²) in [5.74, 6) is 0.509. The molecule has 0 saturated heterocycles. The van der Waals surface area contributed by atoms with Crippen LogP contribution in [0, 0.1) is 6.92 Å². The summed E-state index contributed by atoms with van der Waals surface area (Å²) in [6, 6.07) is 24.0. The lowest BCUT2D eigenvalue weighted by atomic mass is 9.89. The van der Waals surface area contributed by atoms with Crippen molar-refractivity contribution in [1.82, 2.24) is 14.4 Å². The molecule has 0 fully saturated rings. The van der Waals surface area contributed by atoms with Crippen molar-refractivity contribution >= 4 is 18.3 Å². The van der Waals surface area contributed by atoms with E-state index >= 15 is 0 Å². The van der Waals surface area contributed by atoms with Crippen LogP contribution in [0.4, 0.5) is 0 Å². The highest BCUT2D eigenvalue weighted by molar-refractivity contribution is 6.01. The number of carbonyl (C=O) groups is 3. The number of hydrogen-bond donors (Lipinski definition) is 0. The highest BCUT2D eigenvalue weighted by Crippen LogP contribution is 2.36. The van der Waals surface area contributed by atoms with Crippen LogP contribution in [0.5, 0.6) is 5.75 Å². The predicted octanol–water partition coefficient (Wildman–Crippen LogP) is 5.25. The molecule has 0 radical (unpaired) electrons. The second-order valence-electron chi connectivity index (χ2n) is 11.4. The molecule has 0 aliphatic carbocycles. The summed E-state index contributed by atoms with van der Waals surface area (Å²) in [6.45, 7) is 6.04. The van der Waals surface area contributed by atoms with Crippen LogP contribution in [0.15, 0.2) is 72.8 Å². The number of benzene rings is 3. The lowest BCUT2D eigenvalue weighted by Crippen LogP contribution is -2.43. The van der Waals surface area contributed by atoms with Crippen LogP contribution in [0.2, 0.25) is 0 Å². The first-order valence-corrected chi connectivity index (χ1v) is 14.5. The van der Waals surface area contributed by atoms with E-state index in [1.165, 1.54) is 5.56 Å². The Bertz CT molecular complexity index is 1670. The number of aromatic nitrogens is 1. The van der Waals surface area contributed by atoms with E-state index in [2.05, 4.69) is 25.1 Å². The maximum Gasteiger partial charge on any atom is 0.298 e. The van der Waals surface area contributed by atoms with E-state index in [-0.39, 0.29) is 17.9 Å². The van der Waals surface area contributed by atoms with Crippen molar-refractivity contribution in [3.05, 3.63) is 112 Å². The Hall–Kier alpha value is -4.65. The Kier molecular flexibility index (Phi) is 7.42. The molecule has 0 bridgehead atoms. The fourth-order valence-corrected chi connectivity index (χ4v) is 6.30. The Balaban J connectivity index is 1.39. The molecular weight excluding hydrogens is 526 g/mol. The van der Waals surface area contributed by atoms with Gasteiger partial charge in [-0.15, -0.1) is 0 Å². The molecule has 2 aliphatic heterocycles. The molecule has 3 heterocycles. The molecule has 2 aliphatic rings. The molecule has 0 unspecified atom stereocenters. The molecule has 2 amide bonds. The summed E-state index contributed by atoms with van der Waals surface area (Å²) in [5.41, 5.74) is 8.56. The molecule has 1 atom stereocenters. The van der Waals surface area contributed by atoms with Crippen molar-refractivity contribution in [3.8, 4) is 17.0 Å². The topological polar surface area (TPSA) is 71.9 Å². The van der Waals surface area contributed by atoms with Crippen LogP contribution >= 0.6 is 0 Å². The van der Waals surface area contributed by atoms with Gasteiger partial charge in [-0.25, -0.2) is 0 Å². The van der Waals surface area contributed by atoms with Gasteiger partial charge < -0.3 is 19.1 Å². The number of rotatable bonds is 6. The normalized spacial score (nSPS) is 16.0. The number of ether oxygens (including phenoxy) is 1. The van der Waals surface area contributed by atoms with Gasteiger partial charge in [0.2, 0.25) is 5.91 Å². The van der Waals surface area contributed by atoms with E-state index in [0.29, 0.717) is 50.3 Å². The zero-order valence-corrected chi connectivity index (χ0v) is 24.3. The zero-order chi connectivity index (χ0) is 29.4. The summed E-state index contributed by atoms with van der Waals surface area (Å²) in [7, 11) is 1.92. The van der Waals surface area contributed by atoms with Gasteiger partial charge >= 0.3 is 0 Å². The lowest BCUT2D eigenvalue weighted by Gasteiger charge is -2.36. The monoisotopic (exact) mass is 561 g/mol. The first kappa shape index (κ1) is 27.5. The first-order valence-electron chi connectivity index (χ1n) is 14.5. The van der Waals surface area contributed by atoms with Crippen molar-refractivity contribution in [2.75, 3.05) is 6.54 Å².